The summed E-state index contributed by atoms with van der Waals surface area (Å²) in [5, 5.41) is 3.14. The molecule has 1 aromatic heterocycles. The van der Waals surface area contributed by atoms with Crippen LogP contribution in [0.3, 0.4) is 0 Å². The highest BCUT2D eigenvalue weighted by Gasteiger charge is 2.12. The molecule has 0 aliphatic rings. The number of carbonyl (C=O) groups excluding carboxylic acids is 2. The molecule has 0 aliphatic carbocycles. The van der Waals surface area contributed by atoms with E-state index >= 15 is 0 Å². The molecule has 8 heteroatoms. The second kappa shape index (κ2) is 9.60. The summed E-state index contributed by atoms with van der Waals surface area (Å²) < 4.78 is 20.5. The van der Waals surface area contributed by atoms with Gasteiger partial charge in [0.15, 0.2) is 0 Å². The monoisotopic (exact) mass is 411 g/mol. The van der Waals surface area contributed by atoms with E-state index in [0.29, 0.717) is 22.4 Å². The fourth-order valence-electron chi connectivity index (χ4n) is 2.87. The summed E-state index contributed by atoms with van der Waals surface area (Å²) in [7, 11) is 1.55. The summed E-state index contributed by atoms with van der Waals surface area (Å²) in [4.78, 5) is 35.7. The Kier molecular flexibility index (Phi) is 6.69. The van der Waals surface area contributed by atoms with E-state index in [9.17, 15) is 14.4 Å². The third-order valence-electron chi connectivity index (χ3n) is 4.22. The van der Waals surface area contributed by atoms with Crippen molar-refractivity contribution >= 4 is 28.7 Å². The SMILES string of the molecule is CCOC(=O)Nc1ccc2c(COC(=O)Cc3cccc(OC)c3)cc(=O)oc2c1. The average Bonchev–Trinajstić information content (AvgIpc) is 2.72. The fraction of sp³-hybridized carbons (Fsp3) is 0.227. The zero-order chi connectivity index (χ0) is 21.5. The lowest BCUT2D eigenvalue weighted by Crippen LogP contribution is -2.13. The minimum Gasteiger partial charge on any atom is -0.497 e. The van der Waals surface area contributed by atoms with E-state index in [4.69, 9.17) is 18.6 Å². The number of ether oxygens (including phenoxy) is 3. The van der Waals surface area contributed by atoms with Gasteiger partial charge in [0.25, 0.3) is 0 Å². The maximum Gasteiger partial charge on any atom is 0.411 e. The van der Waals surface area contributed by atoms with Gasteiger partial charge in [-0.3, -0.25) is 10.1 Å². The molecule has 1 N–H and O–H groups in total. The van der Waals surface area contributed by atoms with Gasteiger partial charge in [0, 0.05) is 28.8 Å². The van der Waals surface area contributed by atoms with E-state index in [-0.39, 0.29) is 25.2 Å². The highest BCUT2D eigenvalue weighted by molar-refractivity contribution is 5.90. The fourth-order valence-corrected chi connectivity index (χ4v) is 2.87. The van der Waals surface area contributed by atoms with Gasteiger partial charge < -0.3 is 18.6 Å². The Morgan fingerprint density at radius 2 is 1.90 bits per heavy atom. The molecule has 1 heterocycles. The predicted molar refractivity (Wildman–Crippen MR) is 110 cm³/mol. The molecule has 0 aliphatic heterocycles. The van der Waals surface area contributed by atoms with Crippen molar-refractivity contribution in [1.29, 1.82) is 0 Å². The van der Waals surface area contributed by atoms with Gasteiger partial charge in [0.1, 0.15) is 17.9 Å². The number of nitrogens with one attached hydrogen (secondary N) is 1. The molecule has 2 aromatic carbocycles. The van der Waals surface area contributed by atoms with Crippen molar-refractivity contribution in [2.24, 2.45) is 0 Å². The first-order valence-electron chi connectivity index (χ1n) is 9.27. The number of amides is 1. The number of esters is 1. The maximum absolute atomic E-state index is 12.2. The molecule has 30 heavy (non-hydrogen) atoms. The summed E-state index contributed by atoms with van der Waals surface area (Å²) in [6, 6.07) is 13.2. The van der Waals surface area contributed by atoms with Crippen molar-refractivity contribution in [3.8, 4) is 5.75 Å². The highest BCUT2D eigenvalue weighted by atomic mass is 16.5. The second-order valence-electron chi connectivity index (χ2n) is 6.34. The van der Waals surface area contributed by atoms with Crippen molar-refractivity contribution in [1.82, 2.24) is 0 Å². The molecule has 0 radical (unpaired) electrons. The number of fused-ring (bicyclic) bond motifs is 1. The van der Waals surface area contributed by atoms with Crippen LogP contribution in [0.1, 0.15) is 18.1 Å². The van der Waals surface area contributed by atoms with E-state index in [1.54, 1.807) is 50.4 Å². The number of carbonyl (C=O) groups is 2. The minimum absolute atomic E-state index is 0.0736. The van der Waals surface area contributed by atoms with Gasteiger partial charge in [-0.25, -0.2) is 9.59 Å². The van der Waals surface area contributed by atoms with E-state index in [0.717, 1.165) is 5.56 Å². The van der Waals surface area contributed by atoms with Gasteiger partial charge in [-0.15, -0.1) is 0 Å². The Morgan fingerprint density at radius 1 is 1.07 bits per heavy atom. The van der Waals surface area contributed by atoms with Crippen molar-refractivity contribution in [3.63, 3.8) is 0 Å². The summed E-state index contributed by atoms with van der Waals surface area (Å²) in [5.74, 6) is 0.212. The Hall–Kier alpha value is -3.81. The standard InChI is InChI=1S/C22H21NO7/c1-3-28-22(26)23-16-7-8-18-15(11-21(25)30-19(18)12-16)13-29-20(24)10-14-5-4-6-17(9-14)27-2/h4-9,11-12H,3,10,13H2,1-2H3,(H,23,26). The summed E-state index contributed by atoms with van der Waals surface area (Å²) in [6.45, 7) is 1.84. The Morgan fingerprint density at radius 3 is 2.67 bits per heavy atom. The average molecular weight is 411 g/mol. The van der Waals surface area contributed by atoms with Crippen LogP contribution in [-0.2, 0) is 27.3 Å². The third-order valence-corrected chi connectivity index (χ3v) is 4.22. The molecule has 156 valence electrons. The number of hydrogen-bond donors (Lipinski definition) is 1. The van der Waals surface area contributed by atoms with Crippen molar-refractivity contribution in [2.45, 2.75) is 20.0 Å². The first kappa shape index (κ1) is 20.9. The number of methoxy groups -OCH3 is 1. The van der Waals surface area contributed by atoms with Crippen LogP contribution >= 0.6 is 0 Å². The zero-order valence-corrected chi connectivity index (χ0v) is 16.6. The smallest absolute Gasteiger partial charge is 0.411 e. The van der Waals surface area contributed by atoms with Crippen molar-refractivity contribution in [3.05, 3.63) is 70.1 Å². The Balaban J connectivity index is 1.72. The predicted octanol–water partition coefficient (Wildman–Crippen LogP) is 3.66. The molecule has 0 saturated heterocycles. The molecule has 1 amide bonds. The van der Waals surface area contributed by atoms with Crippen LogP contribution in [0.25, 0.3) is 11.0 Å². The van der Waals surface area contributed by atoms with Gasteiger partial charge >= 0.3 is 17.7 Å². The van der Waals surface area contributed by atoms with Crippen LogP contribution in [0.15, 0.2) is 57.7 Å². The molecule has 0 spiro atoms. The zero-order valence-electron chi connectivity index (χ0n) is 16.6. The van der Waals surface area contributed by atoms with Gasteiger partial charge in [0.05, 0.1) is 20.1 Å². The van der Waals surface area contributed by atoms with Gasteiger partial charge in [-0.1, -0.05) is 12.1 Å². The van der Waals surface area contributed by atoms with Crippen LogP contribution in [0.5, 0.6) is 5.75 Å². The molecule has 0 unspecified atom stereocenters. The first-order chi connectivity index (χ1) is 14.5. The molecule has 0 bridgehead atoms. The molecule has 0 fully saturated rings. The number of hydrogen-bond acceptors (Lipinski definition) is 7. The lowest BCUT2D eigenvalue weighted by atomic mass is 10.1. The van der Waals surface area contributed by atoms with Crippen molar-refractivity contribution in [2.75, 3.05) is 19.0 Å². The Labute approximate surface area is 172 Å². The van der Waals surface area contributed by atoms with Crippen LogP contribution < -0.4 is 15.7 Å². The second-order valence-corrected chi connectivity index (χ2v) is 6.34. The lowest BCUT2D eigenvalue weighted by molar-refractivity contribution is -0.144. The number of benzene rings is 2. The summed E-state index contributed by atoms with van der Waals surface area (Å²) in [6.07, 6.45) is -0.536. The largest absolute Gasteiger partial charge is 0.497 e. The topological polar surface area (TPSA) is 104 Å². The molecular weight excluding hydrogens is 390 g/mol. The van der Waals surface area contributed by atoms with Crippen LogP contribution in [-0.4, -0.2) is 25.8 Å². The maximum atomic E-state index is 12.2. The van der Waals surface area contributed by atoms with Crippen LogP contribution in [0.2, 0.25) is 0 Å². The third kappa shape index (κ3) is 5.38. The number of anilines is 1. The first-order valence-corrected chi connectivity index (χ1v) is 9.27. The molecular formula is C22H21NO7. The van der Waals surface area contributed by atoms with Gasteiger partial charge in [-0.05, 0) is 36.8 Å². The molecule has 3 rings (SSSR count). The van der Waals surface area contributed by atoms with Gasteiger partial charge in [-0.2, -0.15) is 0 Å². The van der Waals surface area contributed by atoms with E-state index in [1.165, 1.54) is 12.1 Å². The van der Waals surface area contributed by atoms with Gasteiger partial charge in [0.2, 0.25) is 0 Å². The van der Waals surface area contributed by atoms with Crippen LogP contribution in [0, 0.1) is 0 Å². The molecule has 3 aromatic rings. The lowest BCUT2D eigenvalue weighted by Gasteiger charge is -2.09. The normalized spacial score (nSPS) is 10.5. The minimum atomic E-state index is -0.609. The highest BCUT2D eigenvalue weighted by Crippen LogP contribution is 2.22. The number of rotatable bonds is 7. The molecule has 8 nitrogen and oxygen atoms in total. The van der Waals surface area contributed by atoms with E-state index in [2.05, 4.69) is 5.32 Å². The quantitative estimate of drug-likeness (QED) is 0.467. The molecule has 0 atom stereocenters. The summed E-state index contributed by atoms with van der Waals surface area (Å²) in [5.41, 5.74) is 1.34. The van der Waals surface area contributed by atoms with E-state index < -0.39 is 17.7 Å². The Bertz CT molecular complexity index is 1120. The van der Waals surface area contributed by atoms with E-state index in [1.807, 2.05) is 0 Å². The van der Waals surface area contributed by atoms with Crippen molar-refractivity contribution < 1.29 is 28.2 Å². The summed E-state index contributed by atoms with van der Waals surface area (Å²) >= 11 is 0. The van der Waals surface area contributed by atoms with Crippen LogP contribution in [0.4, 0.5) is 10.5 Å². The molecule has 0 saturated carbocycles.